The molecule has 1 atom stereocenters. The molecule has 22 heavy (non-hydrogen) atoms. The average molecular weight is 306 g/mol. The SMILES string of the molecule is CCC[C@H](c1ccc(OC(C)=O)c(OC)c1)N1CCNCC1. The second-order valence-electron chi connectivity index (χ2n) is 5.59. The third-order valence-electron chi connectivity index (χ3n) is 3.98. The molecule has 1 N–H and O–H groups in total. The van der Waals surface area contributed by atoms with E-state index >= 15 is 0 Å². The zero-order valence-corrected chi connectivity index (χ0v) is 13.7. The molecule has 2 rings (SSSR count). The first-order valence-electron chi connectivity index (χ1n) is 7.96. The minimum atomic E-state index is -0.335. The molecule has 1 aromatic carbocycles. The molecule has 1 aromatic rings. The molecular formula is C17H26N2O3. The van der Waals surface area contributed by atoms with Gasteiger partial charge in [0.05, 0.1) is 7.11 Å². The van der Waals surface area contributed by atoms with Gasteiger partial charge in [-0.05, 0) is 24.1 Å². The number of carbonyl (C=O) groups excluding carboxylic acids is 1. The van der Waals surface area contributed by atoms with Crippen LogP contribution in [0.5, 0.6) is 11.5 Å². The largest absolute Gasteiger partial charge is 0.493 e. The molecule has 0 saturated carbocycles. The van der Waals surface area contributed by atoms with Crippen molar-refractivity contribution in [3.63, 3.8) is 0 Å². The van der Waals surface area contributed by atoms with Crippen LogP contribution in [0.3, 0.4) is 0 Å². The van der Waals surface area contributed by atoms with Crippen molar-refractivity contribution in [3.8, 4) is 11.5 Å². The van der Waals surface area contributed by atoms with Crippen LogP contribution >= 0.6 is 0 Å². The molecule has 1 aliphatic rings. The molecule has 1 aliphatic heterocycles. The van der Waals surface area contributed by atoms with E-state index < -0.39 is 0 Å². The van der Waals surface area contributed by atoms with Gasteiger partial charge >= 0.3 is 5.97 Å². The van der Waals surface area contributed by atoms with Gasteiger partial charge in [-0.1, -0.05) is 19.4 Å². The second kappa shape index (κ2) is 8.15. The number of hydrogen-bond donors (Lipinski definition) is 1. The molecule has 1 saturated heterocycles. The molecule has 1 heterocycles. The molecule has 0 bridgehead atoms. The molecule has 0 spiro atoms. The first-order valence-corrected chi connectivity index (χ1v) is 7.96. The smallest absolute Gasteiger partial charge is 0.308 e. The molecule has 0 aromatic heterocycles. The highest BCUT2D eigenvalue weighted by Crippen LogP contribution is 2.34. The van der Waals surface area contributed by atoms with Crippen molar-refractivity contribution in [2.24, 2.45) is 0 Å². The monoisotopic (exact) mass is 306 g/mol. The van der Waals surface area contributed by atoms with E-state index in [4.69, 9.17) is 9.47 Å². The van der Waals surface area contributed by atoms with E-state index in [9.17, 15) is 4.79 Å². The van der Waals surface area contributed by atoms with Gasteiger partial charge in [0.2, 0.25) is 0 Å². The molecule has 5 nitrogen and oxygen atoms in total. The quantitative estimate of drug-likeness (QED) is 0.646. The summed E-state index contributed by atoms with van der Waals surface area (Å²) in [6, 6.07) is 6.26. The normalized spacial score (nSPS) is 17.0. The fraction of sp³-hybridized carbons (Fsp3) is 0.588. The van der Waals surface area contributed by atoms with Crippen LogP contribution < -0.4 is 14.8 Å². The Labute approximate surface area is 132 Å². The maximum absolute atomic E-state index is 11.2. The van der Waals surface area contributed by atoms with Crippen molar-refractivity contribution in [2.75, 3.05) is 33.3 Å². The van der Waals surface area contributed by atoms with Gasteiger partial charge in [-0.15, -0.1) is 0 Å². The van der Waals surface area contributed by atoms with Crippen LogP contribution in [-0.4, -0.2) is 44.2 Å². The van der Waals surface area contributed by atoms with E-state index in [1.54, 1.807) is 7.11 Å². The maximum Gasteiger partial charge on any atom is 0.308 e. The Hall–Kier alpha value is -1.59. The van der Waals surface area contributed by atoms with E-state index in [0.717, 1.165) is 39.0 Å². The summed E-state index contributed by atoms with van der Waals surface area (Å²) in [7, 11) is 1.60. The molecule has 5 heteroatoms. The number of benzene rings is 1. The average Bonchev–Trinajstić information content (AvgIpc) is 2.53. The topological polar surface area (TPSA) is 50.8 Å². The summed E-state index contributed by atoms with van der Waals surface area (Å²) in [6.45, 7) is 7.77. The van der Waals surface area contributed by atoms with E-state index in [-0.39, 0.29) is 5.97 Å². The van der Waals surface area contributed by atoms with Gasteiger partial charge in [-0.25, -0.2) is 0 Å². The number of piperazine rings is 1. The highest BCUT2D eigenvalue weighted by atomic mass is 16.6. The number of rotatable bonds is 6. The predicted octanol–water partition coefficient (Wildman–Crippen LogP) is 2.37. The Bertz CT molecular complexity index is 499. The van der Waals surface area contributed by atoms with E-state index in [2.05, 4.69) is 17.1 Å². The van der Waals surface area contributed by atoms with Gasteiger partial charge in [-0.3, -0.25) is 9.69 Å². The lowest BCUT2D eigenvalue weighted by Crippen LogP contribution is -2.45. The van der Waals surface area contributed by atoms with Crippen LogP contribution in [0.15, 0.2) is 18.2 Å². The molecule has 122 valence electrons. The van der Waals surface area contributed by atoms with Crippen LogP contribution in [0.4, 0.5) is 0 Å². The molecular weight excluding hydrogens is 280 g/mol. The minimum absolute atomic E-state index is 0.335. The highest BCUT2D eigenvalue weighted by Gasteiger charge is 2.22. The Kier molecular flexibility index (Phi) is 6.21. The lowest BCUT2D eigenvalue weighted by molar-refractivity contribution is -0.132. The lowest BCUT2D eigenvalue weighted by Gasteiger charge is -2.35. The number of nitrogens with zero attached hydrogens (tertiary/aromatic N) is 1. The van der Waals surface area contributed by atoms with E-state index in [1.807, 2.05) is 18.2 Å². The van der Waals surface area contributed by atoms with Crippen molar-refractivity contribution in [1.29, 1.82) is 0 Å². The summed E-state index contributed by atoms with van der Waals surface area (Å²) in [5, 5.41) is 3.39. The van der Waals surface area contributed by atoms with Crippen molar-refractivity contribution in [2.45, 2.75) is 32.7 Å². The Morgan fingerprint density at radius 3 is 2.64 bits per heavy atom. The Balaban J connectivity index is 2.24. The van der Waals surface area contributed by atoms with Crippen molar-refractivity contribution in [1.82, 2.24) is 10.2 Å². The summed E-state index contributed by atoms with van der Waals surface area (Å²) in [5.74, 6) is 0.761. The van der Waals surface area contributed by atoms with Crippen molar-refractivity contribution < 1.29 is 14.3 Å². The van der Waals surface area contributed by atoms with Crippen LogP contribution in [0, 0.1) is 0 Å². The molecule has 1 fully saturated rings. The van der Waals surface area contributed by atoms with Gasteiger partial charge in [0.15, 0.2) is 11.5 Å². The first kappa shape index (κ1) is 16.8. The number of methoxy groups -OCH3 is 1. The summed E-state index contributed by atoms with van der Waals surface area (Å²) >= 11 is 0. The van der Waals surface area contributed by atoms with E-state index in [1.165, 1.54) is 12.5 Å². The van der Waals surface area contributed by atoms with Gasteiger partial charge in [0.25, 0.3) is 0 Å². The van der Waals surface area contributed by atoms with E-state index in [0.29, 0.717) is 17.5 Å². The fourth-order valence-electron chi connectivity index (χ4n) is 2.96. The maximum atomic E-state index is 11.2. The standard InChI is InChI=1S/C17H26N2O3/c1-4-5-15(19-10-8-18-9-11-19)14-6-7-16(22-13(2)20)17(12-14)21-3/h6-7,12,15,18H,4-5,8-11H2,1-3H3/t15-/m1/s1. The predicted molar refractivity (Wildman–Crippen MR) is 86.4 cm³/mol. The number of hydrogen-bond acceptors (Lipinski definition) is 5. The van der Waals surface area contributed by atoms with Gasteiger partial charge in [-0.2, -0.15) is 0 Å². The molecule has 0 aliphatic carbocycles. The Morgan fingerprint density at radius 1 is 1.32 bits per heavy atom. The highest BCUT2D eigenvalue weighted by molar-refractivity contribution is 5.70. The third-order valence-corrected chi connectivity index (χ3v) is 3.98. The molecule has 0 unspecified atom stereocenters. The van der Waals surface area contributed by atoms with Gasteiger partial charge < -0.3 is 14.8 Å². The lowest BCUT2D eigenvalue weighted by atomic mass is 9.99. The van der Waals surface area contributed by atoms with Crippen molar-refractivity contribution in [3.05, 3.63) is 23.8 Å². The second-order valence-corrected chi connectivity index (χ2v) is 5.59. The molecule has 0 amide bonds. The summed E-state index contributed by atoms with van der Waals surface area (Å²) in [4.78, 5) is 13.7. The molecule has 0 radical (unpaired) electrons. The van der Waals surface area contributed by atoms with Crippen LogP contribution in [0.25, 0.3) is 0 Å². The fourth-order valence-corrected chi connectivity index (χ4v) is 2.96. The van der Waals surface area contributed by atoms with Crippen molar-refractivity contribution >= 4 is 5.97 Å². The zero-order valence-electron chi connectivity index (χ0n) is 13.7. The van der Waals surface area contributed by atoms with Crippen LogP contribution in [0.1, 0.15) is 38.3 Å². The summed E-state index contributed by atoms with van der Waals surface area (Å²) < 4.78 is 10.6. The summed E-state index contributed by atoms with van der Waals surface area (Å²) in [6.07, 6.45) is 2.23. The number of carbonyl (C=O) groups is 1. The number of esters is 1. The van der Waals surface area contributed by atoms with Crippen LogP contribution in [0.2, 0.25) is 0 Å². The van der Waals surface area contributed by atoms with Crippen LogP contribution in [-0.2, 0) is 4.79 Å². The first-order chi connectivity index (χ1) is 10.7. The number of nitrogens with one attached hydrogen (secondary N) is 1. The summed E-state index contributed by atoms with van der Waals surface area (Å²) in [5.41, 5.74) is 1.22. The third kappa shape index (κ3) is 4.21. The van der Waals surface area contributed by atoms with Gasteiger partial charge in [0.1, 0.15) is 0 Å². The number of ether oxygens (including phenoxy) is 2. The van der Waals surface area contributed by atoms with Gasteiger partial charge in [0, 0.05) is 39.1 Å². The Morgan fingerprint density at radius 2 is 2.05 bits per heavy atom. The zero-order chi connectivity index (χ0) is 15.9. The minimum Gasteiger partial charge on any atom is -0.493 e.